The highest BCUT2D eigenvalue weighted by atomic mass is 16.5. The first kappa shape index (κ1) is 22.7. The van der Waals surface area contributed by atoms with Crippen LogP contribution in [-0.2, 0) is 0 Å². The maximum atomic E-state index is 13.4. The lowest BCUT2D eigenvalue weighted by atomic mass is 10.1. The topological polar surface area (TPSA) is 120 Å². The molecule has 0 saturated carbocycles. The number of nitrogen functional groups attached to an aromatic ring is 1. The number of rotatable bonds is 4. The molecular formula is C28H26N6O3. The van der Waals surface area contributed by atoms with Crippen LogP contribution in [-0.4, -0.2) is 59.0 Å². The van der Waals surface area contributed by atoms with E-state index in [0.717, 1.165) is 17.0 Å². The van der Waals surface area contributed by atoms with E-state index in [9.17, 15) is 9.59 Å². The number of aromatic amines is 2. The van der Waals surface area contributed by atoms with Gasteiger partial charge >= 0.3 is 0 Å². The zero-order chi connectivity index (χ0) is 25.5. The predicted octanol–water partition coefficient (Wildman–Crippen LogP) is 3.62. The monoisotopic (exact) mass is 494 g/mol. The van der Waals surface area contributed by atoms with Crippen LogP contribution in [0.25, 0.3) is 33.3 Å². The van der Waals surface area contributed by atoms with Crippen LogP contribution in [0.4, 0.5) is 11.4 Å². The molecule has 0 unspecified atom stereocenters. The van der Waals surface area contributed by atoms with Gasteiger partial charge in [-0.1, -0.05) is 24.3 Å². The van der Waals surface area contributed by atoms with Crippen molar-refractivity contribution in [2.24, 2.45) is 0 Å². The summed E-state index contributed by atoms with van der Waals surface area (Å²) in [7, 11) is 1.67. The van der Waals surface area contributed by atoms with Gasteiger partial charge in [-0.2, -0.15) is 0 Å². The molecule has 1 saturated heterocycles. The number of benzene rings is 3. The fourth-order valence-electron chi connectivity index (χ4n) is 4.96. The van der Waals surface area contributed by atoms with Crippen LogP contribution in [0.5, 0.6) is 5.75 Å². The Morgan fingerprint density at radius 2 is 1.70 bits per heavy atom. The molecule has 1 fully saturated rings. The second-order valence-electron chi connectivity index (χ2n) is 9.06. The van der Waals surface area contributed by atoms with E-state index in [1.54, 1.807) is 25.3 Å². The second kappa shape index (κ2) is 9.02. The third kappa shape index (κ3) is 3.94. The van der Waals surface area contributed by atoms with E-state index in [1.807, 2.05) is 53.4 Å². The summed E-state index contributed by atoms with van der Waals surface area (Å²) in [6, 6.07) is 20.6. The molecule has 9 nitrogen and oxygen atoms in total. The van der Waals surface area contributed by atoms with Gasteiger partial charge in [0, 0.05) is 42.6 Å². The summed E-state index contributed by atoms with van der Waals surface area (Å²) in [6.45, 7) is 2.61. The van der Waals surface area contributed by atoms with E-state index < -0.39 is 0 Å². The smallest absolute Gasteiger partial charge is 0.276 e. The van der Waals surface area contributed by atoms with E-state index in [1.165, 1.54) is 0 Å². The Kier molecular flexibility index (Phi) is 5.52. The molecule has 0 aliphatic carbocycles. The molecule has 2 aromatic heterocycles. The highest BCUT2D eigenvalue weighted by Crippen LogP contribution is 2.32. The average Bonchev–Trinajstić information content (AvgIpc) is 3.27. The highest BCUT2D eigenvalue weighted by Gasteiger charge is 2.25. The lowest BCUT2D eigenvalue weighted by Gasteiger charge is -2.36. The number of H-pyrrole nitrogens is 2. The fraction of sp³-hybridized carbons (Fsp3) is 0.179. The number of anilines is 2. The molecule has 3 aromatic carbocycles. The molecule has 0 radical (unpaired) electrons. The fourth-order valence-corrected chi connectivity index (χ4v) is 4.96. The number of hydrogen-bond donors (Lipinski definition) is 3. The van der Waals surface area contributed by atoms with Crippen molar-refractivity contribution in [1.29, 1.82) is 0 Å². The summed E-state index contributed by atoms with van der Waals surface area (Å²) >= 11 is 0. The van der Waals surface area contributed by atoms with Crippen molar-refractivity contribution < 1.29 is 9.53 Å². The third-order valence-corrected chi connectivity index (χ3v) is 6.91. The third-order valence-electron chi connectivity index (χ3n) is 6.91. The predicted molar refractivity (Wildman–Crippen MR) is 145 cm³/mol. The second-order valence-corrected chi connectivity index (χ2v) is 9.06. The van der Waals surface area contributed by atoms with E-state index in [-0.39, 0.29) is 17.2 Å². The number of methoxy groups -OCH3 is 1. The van der Waals surface area contributed by atoms with Crippen molar-refractivity contribution in [1.82, 2.24) is 19.9 Å². The van der Waals surface area contributed by atoms with Crippen molar-refractivity contribution in [2.45, 2.75) is 0 Å². The van der Waals surface area contributed by atoms with Gasteiger partial charge in [0.05, 0.1) is 35.2 Å². The summed E-state index contributed by atoms with van der Waals surface area (Å²) in [6.07, 6.45) is 0. The van der Waals surface area contributed by atoms with E-state index in [2.05, 4.69) is 19.9 Å². The van der Waals surface area contributed by atoms with Gasteiger partial charge in [0.1, 0.15) is 5.75 Å². The minimum absolute atomic E-state index is 0.0506. The number of ether oxygens (including phenoxy) is 1. The van der Waals surface area contributed by atoms with Crippen molar-refractivity contribution in [3.8, 4) is 17.1 Å². The molecule has 9 heteroatoms. The molecule has 1 aliphatic heterocycles. The van der Waals surface area contributed by atoms with Crippen molar-refractivity contribution in [3.05, 3.63) is 82.6 Å². The highest BCUT2D eigenvalue weighted by molar-refractivity contribution is 6.04. The first-order valence-corrected chi connectivity index (χ1v) is 12.1. The summed E-state index contributed by atoms with van der Waals surface area (Å²) in [5.74, 6) is 0.775. The zero-order valence-corrected chi connectivity index (χ0v) is 20.3. The van der Waals surface area contributed by atoms with Crippen LogP contribution in [0.3, 0.4) is 0 Å². The first-order valence-electron chi connectivity index (χ1n) is 12.1. The number of nitrogens with one attached hydrogen (secondary N) is 2. The average molecular weight is 495 g/mol. The summed E-state index contributed by atoms with van der Waals surface area (Å²) < 4.78 is 5.49. The van der Waals surface area contributed by atoms with Crippen LogP contribution in [0.15, 0.2) is 71.5 Å². The lowest BCUT2D eigenvalue weighted by molar-refractivity contribution is 0.0747. The Morgan fingerprint density at radius 3 is 2.51 bits per heavy atom. The quantitative estimate of drug-likeness (QED) is 0.351. The number of fused-ring (bicyclic) bond motifs is 2. The maximum absolute atomic E-state index is 13.4. The standard InChI is InChI=1S/C28H26N6O3/c1-37-23-9-5-4-8-22(23)33-12-14-34(15-13-33)28(36)17-10-11-19-18(16-17)24(29)25(30-19)26-27(35)32-21-7-3-2-6-20(21)31-26/h2-11,16,30H,12-15,29H2,1H3,(H,32,35). The largest absolute Gasteiger partial charge is 0.495 e. The van der Waals surface area contributed by atoms with Crippen LogP contribution in [0.1, 0.15) is 10.4 Å². The Labute approximate surface area is 212 Å². The number of nitrogens with two attached hydrogens (primary N) is 1. The number of piperazine rings is 1. The van der Waals surface area contributed by atoms with Gasteiger partial charge in [-0.3, -0.25) is 9.59 Å². The van der Waals surface area contributed by atoms with Gasteiger partial charge in [0.2, 0.25) is 0 Å². The summed E-state index contributed by atoms with van der Waals surface area (Å²) in [5, 5.41) is 0.683. The van der Waals surface area contributed by atoms with Gasteiger partial charge in [-0.15, -0.1) is 0 Å². The van der Waals surface area contributed by atoms with Crippen LogP contribution < -0.4 is 20.9 Å². The van der Waals surface area contributed by atoms with E-state index in [4.69, 9.17) is 10.5 Å². The molecule has 3 heterocycles. The normalized spacial score (nSPS) is 13.9. The molecule has 6 rings (SSSR count). The zero-order valence-electron chi connectivity index (χ0n) is 20.3. The number of carbonyl (C=O) groups excluding carboxylic acids is 1. The van der Waals surface area contributed by atoms with Crippen LogP contribution in [0, 0.1) is 0 Å². The Bertz CT molecular complexity index is 1700. The van der Waals surface area contributed by atoms with Crippen molar-refractivity contribution >= 4 is 39.2 Å². The molecule has 186 valence electrons. The van der Waals surface area contributed by atoms with Crippen LogP contribution >= 0.6 is 0 Å². The number of amides is 1. The molecule has 5 aromatic rings. The molecule has 0 spiro atoms. The summed E-state index contributed by atoms with van der Waals surface area (Å²) in [4.78, 5) is 40.8. The van der Waals surface area contributed by atoms with E-state index in [0.29, 0.717) is 59.5 Å². The number of para-hydroxylation sites is 4. The van der Waals surface area contributed by atoms with Gasteiger partial charge in [0.15, 0.2) is 5.69 Å². The molecule has 37 heavy (non-hydrogen) atoms. The maximum Gasteiger partial charge on any atom is 0.276 e. The SMILES string of the molecule is COc1ccccc1N1CCN(C(=O)c2ccc3[nH]c(-c4nc5ccccc5[nH]c4=O)c(N)c3c2)CC1. The van der Waals surface area contributed by atoms with Crippen LogP contribution in [0.2, 0.25) is 0 Å². The number of aromatic nitrogens is 3. The Hall–Kier alpha value is -4.79. The lowest BCUT2D eigenvalue weighted by Crippen LogP contribution is -2.48. The molecule has 4 N–H and O–H groups in total. The first-order chi connectivity index (χ1) is 18.0. The van der Waals surface area contributed by atoms with Gasteiger partial charge < -0.3 is 30.2 Å². The molecule has 0 bridgehead atoms. The molecule has 0 atom stereocenters. The molecule has 1 amide bonds. The molecule has 1 aliphatic rings. The molecular weight excluding hydrogens is 468 g/mol. The summed E-state index contributed by atoms with van der Waals surface area (Å²) in [5.41, 5.74) is 10.8. The Balaban J connectivity index is 1.26. The Morgan fingerprint density at radius 1 is 0.946 bits per heavy atom. The minimum Gasteiger partial charge on any atom is -0.495 e. The van der Waals surface area contributed by atoms with Crippen molar-refractivity contribution in [2.75, 3.05) is 43.9 Å². The van der Waals surface area contributed by atoms with Gasteiger partial charge in [-0.05, 0) is 42.5 Å². The minimum atomic E-state index is -0.332. The van der Waals surface area contributed by atoms with E-state index >= 15 is 0 Å². The van der Waals surface area contributed by atoms with Gasteiger partial charge in [-0.25, -0.2) is 4.98 Å². The number of hydrogen-bond acceptors (Lipinski definition) is 6. The van der Waals surface area contributed by atoms with Crippen molar-refractivity contribution in [3.63, 3.8) is 0 Å². The van der Waals surface area contributed by atoms with Gasteiger partial charge in [0.25, 0.3) is 11.5 Å². The number of nitrogens with zero attached hydrogens (tertiary/aromatic N) is 3. The number of carbonyl (C=O) groups is 1.